The standard InChI is InChI=1S/C43H48N2O2/c1-26(2)18-20-45(21-19-27(3)4)39-17-15-33(35-23-29-11-7-9-13-31(29)25-37(35)39)41-42(46)40(43(41)47)32-14-16-38(44-5)36-24-30-12-8-6-10-28(30)22-34(32)36/h6-17,22-27,40-44,46-47H,18-21H2,1-5H3. The maximum Gasteiger partial charge on any atom is 0.0727 e. The van der Waals surface area contributed by atoms with E-state index in [0.29, 0.717) is 11.8 Å². The molecule has 1 fully saturated rings. The second-order valence-electron chi connectivity index (χ2n) is 14.5. The molecule has 3 N–H and O–H groups in total. The van der Waals surface area contributed by atoms with Gasteiger partial charge in [-0.1, -0.05) is 88.4 Å². The Kier molecular flexibility index (Phi) is 8.59. The van der Waals surface area contributed by atoms with Gasteiger partial charge in [-0.05, 0) is 105 Å². The van der Waals surface area contributed by atoms with Crippen molar-refractivity contribution in [2.24, 2.45) is 11.8 Å². The van der Waals surface area contributed by atoms with Crippen molar-refractivity contribution < 1.29 is 10.2 Å². The number of benzene rings is 6. The molecule has 0 saturated heterocycles. The topological polar surface area (TPSA) is 55.7 Å². The zero-order chi connectivity index (χ0) is 32.8. The molecule has 0 heterocycles. The fraction of sp³-hybridized carbons (Fsp3) is 0.349. The zero-order valence-corrected chi connectivity index (χ0v) is 28.4. The van der Waals surface area contributed by atoms with E-state index in [1.165, 1.54) is 27.2 Å². The summed E-state index contributed by atoms with van der Waals surface area (Å²) < 4.78 is 0. The van der Waals surface area contributed by atoms with Gasteiger partial charge in [0.25, 0.3) is 0 Å². The molecule has 1 aliphatic rings. The lowest BCUT2D eigenvalue weighted by molar-refractivity contribution is -0.0775. The van der Waals surface area contributed by atoms with Gasteiger partial charge in [0, 0.05) is 54.1 Å². The summed E-state index contributed by atoms with van der Waals surface area (Å²) in [5.41, 5.74) is 4.32. The van der Waals surface area contributed by atoms with Crippen LogP contribution < -0.4 is 10.2 Å². The van der Waals surface area contributed by atoms with Crippen LogP contribution in [0.25, 0.3) is 43.1 Å². The van der Waals surface area contributed by atoms with Gasteiger partial charge in [0.1, 0.15) is 0 Å². The highest BCUT2D eigenvalue weighted by molar-refractivity contribution is 6.07. The maximum atomic E-state index is 12.0. The molecule has 242 valence electrons. The van der Waals surface area contributed by atoms with Crippen LogP contribution >= 0.6 is 0 Å². The predicted octanol–water partition coefficient (Wildman–Crippen LogP) is 9.84. The summed E-state index contributed by atoms with van der Waals surface area (Å²) in [4.78, 5) is 2.57. The molecular formula is C43H48N2O2. The number of nitrogens with zero attached hydrogens (tertiary/aromatic N) is 1. The Hall–Kier alpha value is -4.12. The van der Waals surface area contributed by atoms with E-state index in [9.17, 15) is 10.2 Å². The van der Waals surface area contributed by atoms with E-state index in [4.69, 9.17) is 0 Å². The average Bonchev–Trinajstić information content (AvgIpc) is 3.07. The molecule has 0 aliphatic heterocycles. The summed E-state index contributed by atoms with van der Waals surface area (Å²) in [6.45, 7) is 11.2. The summed E-state index contributed by atoms with van der Waals surface area (Å²) in [6, 6.07) is 34.6. The molecule has 1 saturated carbocycles. The number of aliphatic hydroxyl groups is 2. The quantitative estimate of drug-likeness (QED) is 0.133. The summed E-state index contributed by atoms with van der Waals surface area (Å²) in [7, 11) is 1.94. The molecular weight excluding hydrogens is 576 g/mol. The van der Waals surface area contributed by atoms with E-state index in [1.54, 1.807) is 0 Å². The van der Waals surface area contributed by atoms with E-state index in [2.05, 4.69) is 135 Å². The van der Waals surface area contributed by atoms with Crippen LogP contribution in [0.5, 0.6) is 0 Å². The van der Waals surface area contributed by atoms with Crippen molar-refractivity contribution in [2.45, 2.75) is 64.6 Å². The van der Waals surface area contributed by atoms with Gasteiger partial charge in [-0.3, -0.25) is 0 Å². The van der Waals surface area contributed by atoms with Crippen molar-refractivity contribution in [3.63, 3.8) is 0 Å². The fourth-order valence-electron chi connectivity index (χ4n) is 7.79. The van der Waals surface area contributed by atoms with Crippen LogP contribution in [0.15, 0.2) is 97.1 Å². The largest absolute Gasteiger partial charge is 0.392 e. The molecule has 2 atom stereocenters. The molecule has 6 aromatic rings. The first-order valence-corrected chi connectivity index (χ1v) is 17.4. The van der Waals surface area contributed by atoms with Gasteiger partial charge in [-0.15, -0.1) is 0 Å². The van der Waals surface area contributed by atoms with E-state index in [1.807, 2.05) is 7.05 Å². The van der Waals surface area contributed by atoms with E-state index in [-0.39, 0.29) is 11.8 Å². The van der Waals surface area contributed by atoms with Crippen LogP contribution in [-0.2, 0) is 0 Å². The van der Waals surface area contributed by atoms with E-state index < -0.39 is 12.2 Å². The number of rotatable bonds is 10. The predicted molar refractivity (Wildman–Crippen MR) is 201 cm³/mol. The Balaban J connectivity index is 1.32. The first kappa shape index (κ1) is 31.5. The number of anilines is 2. The van der Waals surface area contributed by atoms with Crippen molar-refractivity contribution in [3.05, 3.63) is 108 Å². The SMILES string of the molecule is CNc1ccc(C2C(O)C(c3ccc(N(CCC(C)C)CCC(C)C)c4cc5ccccc5cc34)C2O)c2cc3ccccc3cc12. The number of fused-ring (bicyclic) bond motifs is 4. The highest BCUT2D eigenvalue weighted by Gasteiger charge is 2.51. The van der Waals surface area contributed by atoms with Crippen molar-refractivity contribution in [1.29, 1.82) is 0 Å². The van der Waals surface area contributed by atoms with E-state index in [0.717, 1.165) is 64.3 Å². The van der Waals surface area contributed by atoms with Gasteiger partial charge in [-0.25, -0.2) is 0 Å². The third-order valence-corrected chi connectivity index (χ3v) is 10.6. The average molecular weight is 625 g/mol. The van der Waals surface area contributed by atoms with Crippen LogP contribution in [0.3, 0.4) is 0 Å². The molecule has 0 spiro atoms. The van der Waals surface area contributed by atoms with Gasteiger partial charge >= 0.3 is 0 Å². The Bertz CT molecular complexity index is 2040. The highest BCUT2D eigenvalue weighted by atomic mass is 16.3. The van der Waals surface area contributed by atoms with Gasteiger partial charge in [0.15, 0.2) is 0 Å². The maximum absolute atomic E-state index is 12.0. The molecule has 4 nitrogen and oxygen atoms in total. The molecule has 0 amide bonds. The Labute approximate surface area is 279 Å². The second kappa shape index (κ2) is 12.8. The monoisotopic (exact) mass is 624 g/mol. The minimum Gasteiger partial charge on any atom is -0.392 e. The molecule has 0 aromatic heterocycles. The number of nitrogens with one attached hydrogen (secondary N) is 1. The smallest absolute Gasteiger partial charge is 0.0727 e. The summed E-state index contributed by atoms with van der Waals surface area (Å²) in [5, 5.41) is 36.6. The first-order chi connectivity index (χ1) is 22.7. The minimum absolute atomic E-state index is 0.377. The summed E-state index contributed by atoms with van der Waals surface area (Å²) in [6.07, 6.45) is 0.843. The second-order valence-corrected chi connectivity index (χ2v) is 14.5. The number of hydrogen-bond acceptors (Lipinski definition) is 4. The Morgan fingerprint density at radius 3 is 1.47 bits per heavy atom. The summed E-state index contributed by atoms with van der Waals surface area (Å²) >= 11 is 0. The van der Waals surface area contributed by atoms with Crippen LogP contribution in [-0.4, -0.2) is 42.6 Å². The normalized spacial score (nSPS) is 19.7. The highest BCUT2D eigenvalue weighted by Crippen LogP contribution is 2.52. The lowest BCUT2D eigenvalue weighted by atomic mass is 9.62. The molecule has 2 unspecified atom stereocenters. The van der Waals surface area contributed by atoms with Gasteiger partial charge in [-0.2, -0.15) is 0 Å². The minimum atomic E-state index is -0.710. The number of hydrogen-bond donors (Lipinski definition) is 3. The third-order valence-electron chi connectivity index (χ3n) is 10.6. The molecule has 0 bridgehead atoms. The van der Waals surface area contributed by atoms with Crippen LogP contribution in [0.4, 0.5) is 11.4 Å². The number of aliphatic hydroxyl groups excluding tert-OH is 2. The summed E-state index contributed by atoms with van der Waals surface area (Å²) in [5.74, 6) is 0.489. The van der Waals surface area contributed by atoms with Crippen molar-refractivity contribution in [3.8, 4) is 0 Å². The van der Waals surface area contributed by atoms with E-state index >= 15 is 0 Å². The van der Waals surface area contributed by atoms with Gasteiger partial charge in [0.2, 0.25) is 0 Å². The molecule has 6 aromatic carbocycles. The van der Waals surface area contributed by atoms with Crippen molar-refractivity contribution in [2.75, 3.05) is 30.4 Å². The molecule has 47 heavy (non-hydrogen) atoms. The Morgan fingerprint density at radius 1 is 0.574 bits per heavy atom. The molecule has 4 heteroatoms. The van der Waals surface area contributed by atoms with Crippen molar-refractivity contribution in [1.82, 2.24) is 0 Å². The van der Waals surface area contributed by atoms with Crippen LogP contribution in [0.2, 0.25) is 0 Å². The van der Waals surface area contributed by atoms with Gasteiger partial charge < -0.3 is 20.4 Å². The van der Waals surface area contributed by atoms with Gasteiger partial charge in [0.05, 0.1) is 12.2 Å². The van der Waals surface area contributed by atoms with Crippen LogP contribution in [0, 0.1) is 11.8 Å². The lowest BCUT2D eigenvalue weighted by Gasteiger charge is -2.48. The Morgan fingerprint density at radius 2 is 1.00 bits per heavy atom. The first-order valence-electron chi connectivity index (χ1n) is 17.4. The lowest BCUT2D eigenvalue weighted by Crippen LogP contribution is -2.51. The zero-order valence-electron chi connectivity index (χ0n) is 28.4. The molecule has 0 radical (unpaired) electrons. The molecule has 7 rings (SSSR count). The third kappa shape index (κ3) is 5.72. The van der Waals surface area contributed by atoms with Crippen LogP contribution in [0.1, 0.15) is 63.5 Å². The van der Waals surface area contributed by atoms with Crippen molar-refractivity contribution >= 4 is 54.5 Å². The fourth-order valence-corrected chi connectivity index (χ4v) is 7.79. The molecule has 1 aliphatic carbocycles.